The Morgan fingerprint density at radius 1 is 1.32 bits per heavy atom. The molecule has 2 amide bonds. The molecule has 0 aromatic heterocycles. The van der Waals surface area contributed by atoms with Crippen molar-refractivity contribution in [2.24, 2.45) is 0 Å². The second kappa shape index (κ2) is 7.95. The Balaban J connectivity index is 4.01. The van der Waals surface area contributed by atoms with Gasteiger partial charge in [-0.2, -0.15) is 0 Å². The van der Waals surface area contributed by atoms with Gasteiger partial charge in [-0.05, 0) is 12.8 Å². The molecule has 8 nitrogen and oxygen atoms in total. The van der Waals surface area contributed by atoms with Crippen LogP contribution < -0.4 is 10.0 Å². The predicted molar refractivity (Wildman–Crippen MR) is 70.3 cm³/mol. The molecule has 0 bridgehead atoms. The van der Waals surface area contributed by atoms with E-state index in [1.165, 1.54) is 7.05 Å². The fourth-order valence-corrected chi connectivity index (χ4v) is 1.94. The van der Waals surface area contributed by atoms with E-state index in [9.17, 15) is 18.0 Å². The van der Waals surface area contributed by atoms with Crippen LogP contribution in [0.3, 0.4) is 0 Å². The van der Waals surface area contributed by atoms with Crippen molar-refractivity contribution in [1.29, 1.82) is 0 Å². The highest BCUT2D eigenvalue weighted by molar-refractivity contribution is 7.88. The number of nitrogens with zero attached hydrogens (tertiary/aromatic N) is 1. The van der Waals surface area contributed by atoms with Gasteiger partial charge in [0.1, 0.15) is 6.04 Å². The zero-order valence-electron chi connectivity index (χ0n) is 11.3. The first-order chi connectivity index (χ1) is 8.69. The first-order valence-corrected chi connectivity index (χ1v) is 7.76. The van der Waals surface area contributed by atoms with Gasteiger partial charge in [0, 0.05) is 20.1 Å². The normalized spacial score (nSPS) is 12.8. The molecule has 0 aliphatic heterocycles. The molecule has 1 atom stereocenters. The maximum absolute atomic E-state index is 11.6. The molecule has 0 aromatic rings. The van der Waals surface area contributed by atoms with Crippen LogP contribution in [0.1, 0.15) is 19.8 Å². The number of nitrogens with one attached hydrogen (secondary N) is 2. The highest BCUT2D eigenvalue weighted by atomic mass is 32.2. The molecule has 0 saturated carbocycles. The summed E-state index contributed by atoms with van der Waals surface area (Å²) in [5, 5.41) is 11.4. The molecule has 0 radical (unpaired) electrons. The molecule has 0 fully saturated rings. The smallest absolute Gasteiger partial charge is 0.326 e. The van der Waals surface area contributed by atoms with E-state index < -0.39 is 28.1 Å². The van der Waals surface area contributed by atoms with Crippen molar-refractivity contribution in [3.63, 3.8) is 0 Å². The largest absolute Gasteiger partial charge is 0.480 e. The van der Waals surface area contributed by atoms with Crippen LogP contribution in [0.4, 0.5) is 4.79 Å². The molecule has 0 heterocycles. The Kier molecular flexibility index (Phi) is 7.38. The van der Waals surface area contributed by atoms with Gasteiger partial charge < -0.3 is 15.3 Å². The van der Waals surface area contributed by atoms with Gasteiger partial charge in [0.15, 0.2) is 0 Å². The van der Waals surface area contributed by atoms with Gasteiger partial charge in [-0.15, -0.1) is 0 Å². The maximum atomic E-state index is 11.6. The van der Waals surface area contributed by atoms with E-state index in [1.54, 1.807) is 6.92 Å². The molecule has 0 aromatic carbocycles. The lowest BCUT2D eigenvalue weighted by molar-refractivity contribution is -0.141. The number of likely N-dealkylation sites (N-methyl/N-ethyl adjacent to an activating group) is 1. The van der Waals surface area contributed by atoms with Crippen LogP contribution in [0.25, 0.3) is 0 Å². The highest BCUT2D eigenvalue weighted by Gasteiger charge is 2.24. The lowest BCUT2D eigenvalue weighted by atomic mass is 10.2. The quantitative estimate of drug-likeness (QED) is 0.519. The summed E-state index contributed by atoms with van der Waals surface area (Å²) in [5.41, 5.74) is 0. The molecule has 0 aliphatic carbocycles. The molecule has 0 aliphatic rings. The van der Waals surface area contributed by atoms with Gasteiger partial charge in [-0.25, -0.2) is 22.7 Å². The number of carboxylic acids is 1. The SMILES string of the molecule is CCC(C(=O)O)N(C)C(=O)NCCCNS(C)(=O)=O. The van der Waals surface area contributed by atoms with Crippen LogP contribution in [-0.2, 0) is 14.8 Å². The van der Waals surface area contributed by atoms with Gasteiger partial charge >= 0.3 is 12.0 Å². The van der Waals surface area contributed by atoms with Crippen LogP contribution in [0.5, 0.6) is 0 Å². The topological polar surface area (TPSA) is 116 Å². The zero-order valence-corrected chi connectivity index (χ0v) is 12.2. The monoisotopic (exact) mass is 295 g/mol. The Morgan fingerprint density at radius 2 is 1.89 bits per heavy atom. The van der Waals surface area contributed by atoms with E-state index in [0.29, 0.717) is 12.8 Å². The number of hydrogen-bond donors (Lipinski definition) is 3. The third-order valence-electron chi connectivity index (χ3n) is 2.45. The molecule has 0 rings (SSSR count). The lowest BCUT2D eigenvalue weighted by Crippen LogP contribution is -2.47. The number of sulfonamides is 1. The van der Waals surface area contributed by atoms with Gasteiger partial charge in [-0.1, -0.05) is 6.92 Å². The zero-order chi connectivity index (χ0) is 15.1. The molecule has 0 saturated heterocycles. The summed E-state index contributed by atoms with van der Waals surface area (Å²) < 4.78 is 23.8. The number of urea groups is 1. The summed E-state index contributed by atoms with van der Waals surface area (Å²) in [4.78, 5) is 23.6. The van der Waals surface area contributed by atoms with Crippen LogP contribution in [0, 0.1) is 0 Å². The van der Waals surface area contributed by atoms with Crippen molar-refractivity contribution in [2.45, 2.75) is 25.8 Å². The van der Waals surface area contributed by atoms with E-state index in [0.717, 1.165) is 11.2 Å². The van der Waals surface area contributed by atoms with Crippen LogP contribution in [0.2, 0.25) is 0 Å². The Hall–Kier alpha value is -1.35. The van der Waals surface area contributed by atoms with E-state index in [1.807, 2.05) is 0 Å². The molecular formula is C10H21N3O5S. The van der Waals surface area contributed by atoms with E-state index >= 15 is 0 Å². The molecule has 3 N–H and O–H groups in total. The van der Waals surface area contributed by atoms with Gasteiger partial charge in [0.25, 0.3) is 0 Å². The van der Waals surface area contributed by atoms with Crippen molar-refractivity contribution in [1.82, 2.24) is 14.9 Å². The Bertz CT molecular complexity index is 409. The second-order valence-electron chi connectivity index (χ2n) is 4.13. The van der Waals surface area contributed by atoms with Crippen molar-refractivity contribution in [3.05, 3.63) is 0 Å². The summed E-state index contributed by atoms with van der Waals surface area (Å²) in [6, 6.07) is -1.36. The summed E-state index contributed by atoms with van der Waals surface area (Å²) in [7, 11) is -1.81. The summed E-state index contributed by atoms with van der Waals surface area (Å²) in [6.07, 6.45) is 1.80. The minimum atomic E-state index is -3.22. The van der Waals surface area contributed by atoms with Crippen LogP contribution in [-0.4, -0.2) is 62.9 Å². The van der Waals surface area contributed by atoms with Crippen LogP contribution >= 0.6 is 0 Å². The van der Waals surface area contributed by atoms with Crippen LogP contribution in [0.15, 0.2) is 0 Å². The summed E-state index contributed by atoms with van der Waals surface area (Å²) >= 11 is 0. The van der Waals surface area contributed by atoms with E-state index in [-0.39, 0.29) is 13.1 Å². The Morgan fingerprint density at radius 3 is 2.32 bits per heavy atom. The highest BCUT2D eigenvalue weighted by Crippen LogP contribution is 2.01. The standard InChI is InChI=1S/C10H21N3O5S/c1-4-8(9(14)15)13(2)10(16)11-6-5-7-12-19(3,17)18/h8,12H,4-7H2,1-3H3,(H,11,16)(H,14,15). The lowest BCUT2D eigenvalue weighted by Gasteiger charge is -2.23. The third-order valence-corrected chi connectivity index (χ3v) is 3.18. The average Bonchev–Trinajstić information content (AvgIpc) is 2.26. The minimum absolute atomic E-state index is 0.221. The molecule has 0 spiro atoms. The Labute approximate surface area is 113 Å². The van der Waals surface area contributed by atoms with E-state index in [4.69, 9.17) is 5.11 Å². The molecule has 1 unspecified atom stereocenters. The number of carbonyl (C=O) groups is 2. The minimum Gasteiger partial charge on any atom is -0.480 e. The molecule has 19 heavy (non-hydrogen) atoms. The van der Waals surface area contributed by atoms with Crippen molar-refractivity contribution < 1.29 is 23.1 Å². The first kappa shape index (κ1) is 17.6. The summed E-state index contributed by atoms with van der Waals surface area (Å²) in [5.74, 6) is -1.06. The number of hydrogen-bond acceptors (Lipinski definition) is 4. The number of aliphatic carboxylic acids is 1. The number of rotatable bonds is 8. The maximum Gasteiger partial charge on any atom is 0.326 e. The van der Waals surface area contributed by atoms with Crippen molar-refractivity contribution >= 4 is 22.0 Å². The van der Waals surface area contributed by atoms with Crippen molar-refractivity contribution in [2.75, 3.05) is 26.4 Å². The number of carbonyl (C=O) groups excluding carboxylic acids is 1. The average molecular weight is 295 g/mol. The fourth-order valence-electron chi connectivity index (χ4n) is 1.42. The summed E-state index contributed by atoms with van der Waals surface area (Å²) in [6.45, 7) is 2.17. The van der Waals surface area contributed by atoms with Crippen molar-refractivity contribution in [3.8, 4) is 0 Å². The number of amides is 2. The molecule has 9 heteroatoms. The molecule has 112 valence electrons. The number of carboxylic acid groups (broad SMARTS) is 1. The van der Waals surface area contributed by atoms with Gasteiger partial charge in [0.05, 0.1) is 6.26 Å². The van der Waals surface area contributed by atoms with Gasteiger partial charge in [-0.3, -0.25) is 0 Å². The third kappa shape index (κ3) is 7.62. The van der Waals surface area contributed by atoms with Gasteiger partial charge in [0.2, 0.25) is 10.0 Å². The van der Waals surface area contributed by atoms with E-state index in [2.05, 4.69) is 10.0 Å². The predicted octanol–water partition coefficient (Wildman–Crippen LogP) is -0.570. The second-order valence-corrected chi connectivity index (χ2v) is 5.96. The molecular weight excluding hydrogens is 274 g/mol. The fraction of sp³-hybridized carbons (Fsp3) is 0.800. The first-order valence-electron chi connectivity index (χ1n) is 5.87.